The summed E-state index contributed by atoms with van der Waals surface area (Å²) in [6, 6.07) is 6.24. The molecule has 164 valence electrons. The van der Waals surface area contributed by atoms with E-state index in [-0.39, 0.29) is 11.0 Å². The molecule has 0 amide bonds. The van der Waals surface area contributed by atoms with Crippen LogP contribution in [0, 0.1) is 11.6 Å². The highest BCUT2D eigenvalue weighted by molar-refractivity contribution is 7.93. The van der Waals surface area contributed by atoms with Crippen LogP contribution >= 0.6 is 23.1 Å². The van der Waals surface area contributed by atoms with Gasteiger partial charge in [0.25, 0.3) is 10.0 Å². The minimum Gasteiger partial charge on any atom is -0.454 e. The van der Waals surface area contributed by atoms with Gasteiger partial charge < -0.3 is 10.1 Å². The van der Waals surface area contributed by atoms with E-state index in [1.807, 2.05) is 0 Å². The van der Waals surface area contributed by atoms with E-state index in [0.717, 1.165) is 49.4 Å². The number of rotatable bonds is 6. The molecule has 2 N–H and O–H groups in total. The van der Waals surface area contributed by atoms with Crippen LogP contribution in [0.5, 0.6) is 11.5 Å². The average molecular weight is 487 g/mol. The Kier molecular flexibility index (Phi) is 6.37. The molecule has 2 aromatic carbocycles. The molecule has 1 aromatic heterocycles. The third kappa shape index (κ3) is 4.95. The predicted octanol–water partition coefficient (Wildman–Crippen LogP) is 4.53. The summed E-state index contributed by atoms with van der Waals surface area (Å²) >= 11 is 6.91. The summed E-state index contributed by atoms with van der Waals surface area (Å²) in [5, 5.41) is 3.72. The number of aromatic nitrogens is 2. The van der Waals surface area contributed by atoms with Gasteiger partial charge in [-0.3, -0.25) is 4.72 Å². The Morgan fingerprint density at radius 1 is 1.13 bits per heavy atom. The minimum atomic E-state index is -4.39. The summed E-state index contributed by atoms with van der Waals surface area (Å²) in [7, 11) is -4.39. The summed E-state index contributed by atoms with van der Waals surface area (Å²) in [4.78, 5) is 2.82. The molecule has 31 heavy (non-hydrogen) atoms. The summed E-state index contributed by atoms with van der Waals surface area (Å²) in [6.07, 6.45) is 2.84. The monoisotopic (exact) mass is 486 g/mol. The topological polar surface area (TPSA) is 93.2 Å². The zero-order valence-corrected chi connectivity index (χ0v) is 18.3. The van der Waals surface area contributed by atoms with Crippen molar-refractivity contribution in [2.75, 3.05) is 17.8 Å². The zero-order valence-electron chi connectivity index (χ0n) is 15.9. The summed E-state index contributed by atoms with van der Waals surface area (Å²) in [5.41, 5.74) is 0.795. The number of anilines is 1. The van der Waals surface area contributed by atoms with Crippen molar-refractivity contribution in [3.05, 3.63) is 58.9 Å². The Labute approximate surface area is 186 Å². The van der Waals surface area contributed by atoms with Gasteiger partial charge in [-0.05, 0) is 55.6 Å². The van der Waals surface area contributed by atoms with Crippen LogP contribution in [-0.4, -0.2) is 30.9 Å². The Morgan fingerprint density at radius 2 is 1.90 bits per heavy atom. The van der Waals surface area contributed by atoms with Gasteiger partial charge in [0, 0.05) is 28.7 Å². The van der Waals surface area contributed by atoms with Crippen molar-refractivity contribution in [2.45, 2.75) is 23.7 Å². The fraction of sp³-hybridized carbons (Fsp3) is 0.263. The van der Waals surface area contributed by atoms with Crippen LogP contribution in [0.4, 0.5) is 13.9 Å². The van der Waals surface area contributed by atoms with Crippen molar-refractivity contribution in [1.82, 2.24) is 14.7 Å². The van der Waals surface area contributed by atoms with E-state index in [1.165, 1.54) is 0 Å². The smallest absolute Gasteiger partial charge is 0.266 e. The van der Waals surface area contributed by atoms with E-state index in [0.29, 0.717) is 22.9 Å². The van der Waals surface area contributed by atoms with Gasteiger partial charge in [-0.1, -0.05) is 11.6 Å². The van der Waals surface area contributed by atoms with Crippen LogP contribution in [0.15, 0.2) is 41.6 Å². The highest BCUT2D eigenvalue weighted by Gasteiger charge is 2.25. The Hall–Kier alpha value is -2.34. The first kappa shape index (κ1) is 21.9. The van der Waals surface area contributed by atoms with Crippen molar-refractivity contribution in [3.8, 4) is 11.5 Å². The molecular formula is C19H17ClF2N4O3S2. The lowest BCUT2D eigenvalue weighted by Gasteiger charge is -2.25. The van der Waals surface area contributed by atoms with E-state index >= 15 is 0 Å². The van der Waals surface area contributed by atoms with Crippen LogP contribution < -0.4 is 14.8 Å². The molecule has 7 nitrogen and oxygen atoms in total. The Balaban J connectivity index is 1.64. The number of halogens is 3. The summed E-state index contributed by atoms with van der Waals surface area (Å²) in [6.45, 7) is 1.65. The molecule has 0 aliphatic carbocycles. The van der Waals surface area contributed by atoms with Gasteiger partial charge in [0.05, 0.1) is 0 Å². The van der Waals surface area contributed by atoms with Gasteiger partial charge in [-0.15, -0.1) is 0 Å². The number of sulfonamides is 1. The normalized spacial score (nSPS) is 15.1. The molecule has 3 aromatic rings. The number of benzene rings is 2. The van der Waals surface area contributed by atoms with Crippen molar-refractivity contribution < 1.29 is 21.9 Å². The van der Waals surface area contributed by atoms with Gasteiger partial charge in [0.15, 0.2) is 11.6 Å². The maximum absolute atomic E-state index is 14.7. The number of hydrogen-bond acceptors (Lipinski definition) is 7. The Morgan fingerprint density at radius 3 is 2.61 bits per heavy atom. The highest BCUT2D eigenvalue weighted by atomic mass is 35.5. The number of nitrogens with one attached hydrogen (secondary N) is 2. The maximum Gasteiger partial charge on any atom is 0.266 e. The summed E-state index contributed by atoms with van der Waals surface area (Å²) in [5.74, 6) is -2.11. The lowest BCUT2D eigenvalue weighted by molar-refractivity contribution is 0.408. The van der Waals surface area contributed by atoms with E-state index in [4.69, 9.17) is 16.3 Å². The largest absolute Gasteiger partial charge is 0.454 e. The first-order chi connectivity index (χ1) is 14.8. The number of piperidine rings is 1. The predicted molar refractivity (Wildman–Crippen MR) is 113 cm³/mol. The lowest BCUT2D eigenvalue weighted by Crippen LogP contribution is -2.26. The third-order valence-electron chi connectivity index (χ3n) is 4.83. The third-order valence-corrected chi connectivity index (χ3v) is 7.13. The van der Waals surface area contributed by atoms with Crippen molar-refractivity contribution in [2.24, 2.45) is 0 Å². The lowest BCUT2D eigenvalue weighted by atomic mass is 9.89. The van der Waals surface area contributed by atoms with Gasteiger partial charge >= 0.3 is 0 Å². The molecule has 0 bridgehead atoms. The molecule has 1 saturated heterocycles. The van der Waals surface area contributed by atoms with Crippen LogP contribution in [0.25, 0.3) is 0 Å². The fourth-order valence-electron chi connectivity index (χ4n) is 3.37. The van der Waals surface area contributed by atoms with Gasteiger partial charge in [0.1, 0.15) is 22.8 Å². The van der Waals surface area contributed by atoms with Crippen LogP contribution in [0.1, 0.15) is 24.3 Å². The average Bonchev–Trinajstić information content (AvgIpc) is 3.24. The molecule has 1 fully saturated rings. The second-order valence-corrected chi connectivity index (χ2v) is 9.74. The molecule has 0 radical (unpaired) electrons. The fourth-order valence-corrected chi connectivity index (χ4v) is 5.28. The standard InChI is InChI=1S/C19H17ClF2N4O3S2/c20-12-1-2-16(13(7-12)11-3-5-23-6-4-11)29-17-8-15(22)18(9-14(17)21)31(27,28)26-19-24-10-25-30-19/h1-2,7-11,23H,3-6H2,(H,24,25,26). The highest BCUT2D eigenvalue weighted by Crippen LogP contribution is 2.38. The molecular weight excluding hydrogens is 470 g/mol. The van der Waals surface area contributed by atoms with Crippen molar-refractivity contribution in [1.29, 1.82) is 0 Å². The van der Waals surface area contributed by atoms with Crippen LogP contribution in [0.2, 0.25) is 5.02 Å². The SMILES string of the molecule is O=S(=O)(Nc1ncns1)c1cc(F)c(Oc2ccc(Cl)cc2C2CCNCC2)cc1F. The van der Waals surface area contributed by atoms with Crippen LogP contribution in [-0.2, 0) is 10.0 Å². The maximum atomic E-state index is 14.7. The first-order valence-corrected chi connectivity index (χ1v) is 11.9. The number of ether oxygens (including phenoxy) is 1. The molecule has 0 atom stereocenters. The molecule has 12 heteroatoms. The second-order valence-electron chi connectivity index (χ2n) is 6.87. The molecule has 0 spiro atoms. The molecule has 0 saturated carbocycles. The van der Waals surface area contributed by atoms with E-state index in [2.05, 4.69) is 19.4 Å². The first-order valence-electron chi connectivity index (χ1n) is 9.30. The minimum absolute atomic E-state index is 0.0621. The van der Waals surface area contributed by atoms with Gasteiger partial charge in [-0.25, -0.2) is 22.2 Å². The van der Waals surface area contributed by atoms with Gasteiger partial charge in [0.2, 0.25) is 5.13 Å². The van der Waals surface area contributed by atoms with E-state index < -0.39 is 32.3 Å². The second kappa shape index (κ2) is 9.03. The van der Waals surface area contributed by atoms with Crippen molar-refractivity contribution in [3.63, 3.8) is 0 Å². The number of hydrogen-bond donors (Lipinski definition) is 2. The van der Waals surface area contributed by atoms with Gasteiger partial charge in [-0.2, -0.15) is 4.37 Å². The zero-order chi connectivity index (χ0) is 22.0. The quantitative estimate of drug-likeness (QED) is 0.531. The van der Waals surface area contributed by atoms with E-state index in [1.54, 1.807) is 18.2 Å². The van der Waals surface area contributed by atoms with E-state index in [9.17, 15) is 17.2 Å². The van der Waals surface area contributed by atoms with Crippen molar-refractivity contribution >= 4 is 38.3 Å². The molecule has 4 rings (SSSR count). The molecule has 2 heterocycles. The molecule has 0 unspecified atom stereocenters. The molecule has 1 aliphatic rings. The summed E-state index contributed by atoms with van der Waals surface area (Å²) < 4.78 is 65.6. The Bertz CT molecular complexity index is 1190. The van der Waals surface area contributed by atoms with Crippen LogP contribution in [0.3, 0.4) is 0 Å². The number of nitrogens with zero attached hydrogens (tertiary/aromatic N) is 2. The molecule has 1 aliphatic heterocycles.